The van der Waals surface area contributed by atoms with Gasteiger partial charge in [0.25, 0.3) is 0 Å². The third-order valence-corrected chi connectivity index (χ3v) is 8.78. The Morgan fingerprint density at radius 2 is 1.79 bits per heavy atom. The Morgan fingerprint density at radius 3 is 2.56 bits per heavy atom. The van der Waals surface area contributed by atoms with E-state index in [2.05, 4.69) is 21.2 Å². The largest absolute Gasteiger partial charge is 0.383 e. The molecule has 12 heteroatoms. The molecule has 5 heterocycles. The number of nitriles is 1. The van der Waals surface area contributed by atoms with Crippen LogP contribution in [0, 0.1) is 18.3 Å². The smallest absolute Gasteiger partial charge is 0.181 e. The highest BCUT2D eigenvalue weighted by atomic mass is 32.2. The quantitative estimate of drug-likeness (QED) is 0.263. The zero-order valence-electron chi connectivity index (χ0n) is 23.8. The van der Waals surface area contributed by atoms with Crippen molar-refractivity contribution in [3.05, 3.63) is 77.7 Å². The summed E-state index contributed by atoms with van der Waals surface area (Å²) in [7, 11) is 0. The van der Waals surface area contributed by atoms with Gasteiger partial charge in [-0.05, 0) is 32.9 Å². The van der Waals surface area contributed by atoms with Gasteiger partial charge in [-0.15, -0.1) is 0 Å². The average Bonchev–Trinajstić information content (AvgIpc) is 3.75. The highest BCUT2D eigenvalue weighted by Crippen LogP contribution is 2.45. The zero-order valence-corrected chi connectivity index (χ0v) is 24.6. The fourth-order valence-corrected chi connectivity index (χ4v) is 6.88. The minimum Gasteiger partial charge on any atom is -0.383 e. The highest BCUT2D eigenvalue weighted by Gasteiger charge is 2.56. The maximum atomic E-state index is 9.25. The summed E-state index contributed by atoms with van der Waals surface area (Å²) in [4.78, 5) is 8.76. The van der Waals surface area contributed by atoms with Gasteiger partial charge in [0.05, 0.1) is 28.8 Å². The van der Waals surface area contributed by atoms with E-state index in [9.17, 15) is 5.26 Å². The molecule has 218 valence electrons. The van der Waals surface area contributed by atoms with Crippen molar-refractivity contribution in [3.63, 3.8) is 0 Å². The van der Waals surface area contributed by atoms with Crippen molar-refractivity contribution in [1.82, 2.24) is 24.9 Å². The number of hydrogen-bond donors (Lipinski definition) is 1. The Labute approximate surface area is 251 Å². The van der Waals surface area contributed by atoms with E-state index in [0.717, 1.165) is 28.1 Å². The Bertz CT molecular complexity index is 1830. The Kier molecular flexibility index (Phi) is 6.90. The first kappa shape index (κ1) is 27.5. The van der Waals surface area contributed by atoms with Gasteiger partial charge in [-0.3, -0.25) is 0 Å². The molecule has 2 saturated heterocycles. The lowest BCUT2D eigenvalue weighted by Crippen LogP contribution is -2.31. The van der Waals surface area contributed by atoms with Gasteiger partial charge in [0, 0.05) is 28.2 Å². The fraction of sp³-hybridized carbons (Fsp3) is 0.323. The third kappa shape index (κ3) is 4.94. The van der Waals surface area contributed by atoms with Crippen LogP contribution in [0.15, 0.2) is 65.4 Å². The van der Waals surface area contributed by atoms with E-state index in [-0.39, 0.29) is 12.2 Å². The number of ether oxygens (including phenoxy) is 3. The minimum absolute atomic E-state index is 0.279. The molecule has 4 atom stereocenters. The van der Waals surface area contributed by atoms with E-state index in [1.807, 2.05) is 63.2 Å². The number of fused-ring (bicyclic) bond motifs is 2. The number of aromatic nitrogens is 5. The molecule has 43 heavy (non-hydrogen) atoms. The van der Waals surface area contributed by atoms with E-state index in [1.165, 1.54) is 6.33 Å². The lowest BCUT2D eigenvalue weighted by molar-refractivity contribution is -0.195. The van der Waals surface area contributed by atoms with Crippen LogP contribution in [0.5, 0.6) is 0 Å². The molecule has 3 aromatic heterocycles. The molecule has 0 spiro atoms. The third-order valence-electron chi connectivity index (χ3n) is 7.72. The second-order valence-corrected chi connectivity index (χ2v) is 12.1. The number of aryl methyl sites for hydroxylation is 1. The molecule has 0 unspecified atom stereocenters. The van der Waals surface area contributed by atoms with Gasteiger partial charge >= 0.3 is 0 Å². The van der Waals surface area contributed by atoms with Crippen molar-refractivity contribution in [1.29, 1.82) is 5.26 Å². The molecule has 2 aromatic carbocycles. The van der Waals surface area contributed by atoms with Gasteiger partial charge in [-0.2, -0.15) is 22.1 Å². The molecular formula is C31H29N7O4S. The van der Waals surface area contributed by atoms with Crippen LogP contribution in [0.3, 0.4) is 0 Å². The van der Waals surface area contributed by atoms with Crippen LogP contribution in [0.25, 0.3) is 33.6 Å². The molecule has 7 rings (SSSR count). The molecule has 0 aliphatic carbocycles. The van der Waals surface area contributed by atoms with Crippen molar-refractivity contribution in [2.24, 2.45) is 0 Å². The van der Waals surface area contributed by atoms with E-state index < -0.39 is 18.1 Å². The summed E-state index contributed by atoms with van der Waals surface area (Å²) < 4.78 is 26.8. The van der Waals surface area contributed by atoms with Gasteiger partial charge in [0.1, 0.15) is 30.0 Å². The first-order chi connectivity index (χ1) is 20.8. The maximum absolute atomic E-state index is 9.25. The van der Waals surface area contributed by atoms with E-state index >= 15 is 0 Å². The van der Waals surface area contributed by atoms with E-state index in [4.69, 9.17) is 29.6 Å². The summed E-state index contributed by atoms with van der Waals surface area (Å²) in [5, 5.41) is 19.0. The number of nitrogens with zero attached hydrogens (tertiary/aromatic N) is 6. The summed E-state index contributed by atoms with van der Waals surface area (Å²) in [6, 6.07) is 19.3. The second kappa shape index (κ2) is 10.8. The van der Waals surface area contributed by atoms with Crippen molar-refractivity contribution >= 4 is 28.6 Å². The van der Waals surface area contributed by atoms with Crippen molar-refractivity contribution in [3.8, 4) is 28.7 Å². The highest BCUT2D eigenvalue weighted by molar-refractivity contribution is 7.98. The summed E-state index contributed by atoms with van der Waals surface area (Å²) in [5.74, 6) is 1.64. The molecule has 0 saturated carbocycles. The van der Waals surface area contributed by atoms with E-state index in [1.54, 1.807) is 28.6 Å². The standard InChI is InChI=1S/C31H29N7O4S/c1-17-21(25(42-37-17)20-7-5-4-6-8-20)14-43-15-22-26-27(41-31(2,3)40-26)30(39-22)38-29-23(28(33)34-16-35-29)24(36-38)19-11-9-18(13-32)10-12-19/h4-12,16,22,26-27,30H,14-15H2,1-3H3,(H2,33,34,35)/t22-,26-,27-,30-/m1/s1. The van der Waals surface area contributed by atoms with Gasteiger partial charge in [0.15, 0.2) is 23.4 Å². The van der Waals surface area contributed by atoms with Crippen LogP contribution in [0.1, 0.15) is 36.9 Å². The van der Waals surface area contributed by atoms with Gasteiger partial charge < -0.3 is 24.5 Å². The molecular weight excluding hydrogens is 566 g/mol. The Balaban J connectivity index is 1.18. The van der Waals surface area contributed by atoms with Crippen LogP contribution in [-0.2, 0) is 20.0 Å². The number of benzene rings is 2. The van der Waals surface area contributed by atoms with Crippen LogP contribution in [0.2, 0.25) is 0 Å². The predicted octanol–water partition coefficient (Wildman–Crippen LogP) is 5.26. The molecule has 2 aliphatic rings. The van der Waals surface area contributed by atoms with E-state index in [0.29, 0.717) is 39.6 Å². The second-order valence-electron chi connectivity index (χ2n) is 11.0. The van der Waals surface area contributed by atoms with Gasteiger partial charge in [0.2, 0.25) is 0 Å². The molecule has 0 radical (unpaired) electrons. The zero-order chi connectivity index (χ0) is 29.7. The molecule has 0 bridgehead atoms. The fourth-order valence-electron chi connectivity index (χ4n) is 5.72. The number of anilines is 1. The monoisotopic (exact) mass is 595 g/mol. The molecule has 2 aliphatic heterocycles. The molecule has 2 fully saturated rings. The Morgan fingerprint density at radius 1 is 1.02 bits per heavy atom. The minimum atomic E-state index is -0.793. The van der Waals surface area contributed by atoms with Crippen LogP contribution >= 0.6 is 11.8 Å². The van der Waals surface area contributed by atoms with Crippen molar-refractivity contribution in [2.75, 3.05) is 11.5 Å². The van der Waals surface area contributed by atoms with Crippen LogP contribution in [-0.4, -0.2) is 54.8 Å². The van der Waals surface area contributed by atoms with Crippen molar-refractivity contribution < 1.29 is 18.7 Å². The molecule has 11 nitrogen and oxygen atoms in total. The number of rotatable bonds is 7. The molecule has 0 amide bonds. The predicted molar refractivity (Wildman–Crippen MR) is 160 cm³/mol. The van der Waals surface area contributed by atoms with Crippen LogP contribution < -0.4 is 5.73 Å². The first-order valence-electron chi connectivity index (χ1n) is 13.9. The molecule has 5 aromatic rings. The summed E-state index contributed by atoms with van der Waals surface area (Å²) in [5.41, 5.74) is 11.7. The average molecular weight is 596 g/mol. The number of thioether (sulfide) groups is 1. The normalized spacial score (nSPS) is 22.6. The van der Waals surface area contributed by atoms with Gasteiger partial charge in [-0.1, -0.05) is 47.6 Å². The topological polar surface area (TPSA) is 147 Å². The summed E-state index contributed by atoms with van der Waals surface area (Å²) >= 11 is 1.73. The van der Waals surface area contributed by atoms with Gasteiger partial charge in [-0.25, -0.2) is 14.6 Å². The first-order valence-corrected chi connectivity index (χ1v) is 15.1. The lowest BCUT2D eigenvalue weighted by atomic mass is 10.1. The Hall–Kier alpha value is -4.28. The summed E-state index contributed by atoms with van der Waals surface area (Å²) in [6.45, 7) is 5.77. The van der Waals surface area contributed by atoms with Crippen LogP contribution in [0.4, 0.5) is 5.82 Å². The number of hydrogen-bond acceptors (Lipinski definition) is 11. The number of nitrogens with two attached hydrogens (primary N) is 1. The SMILES string of the molecule is Cc1noc(-c2ccccc2)c1CSC[C@H]1O[C@@H](n2nc(-c3ccc(C#N)cc3)c3c(N)ncnc32)[C@@H]2OC(C)(C)O[C@@H]21. The summed E-state index contributed by atoms with van der Waals surface area (Å²) in [6.07, 6.45) is -0.218. The van der Waals surface area contributed by atoms with Crippen molar-refractivity contribution in [2.45, 2.75) is 56.9 Å². The maximum Gasteiger partial charge on any atom is 0.181 e. The number of nitrogen functional groups attached to an aromatic ring is 1. The lowest BCUT2D eigenvalue weighted by Gasteiger charge is -2.24. The molecule has 2 N–H and O–H groups in total.